The molecule has 0 aliphatic carbocycles. The fourth-order valence-electron chi connectivity index (χ4n) is 0.968. The van der Waals surface area contributed by atoms with Crippen molar-refractivity contribution < 1.29 is 8.42 Å². The molecule has 0 aliphatic rings. The average Bonchev–Trinajstić information content (AvgIpc) is 2.45. The van der Waals surface area contributed by atoms with E-state index in [1.807, 2.05) is 0 Å². The lowest BCUT2D eigenvalue weighted by molar-refractivity contribution is 0.594. The van der Waals surface area contributed by atoms with Gasteiger partial charge < -0.3 is 0 Å². The molecule has 3 N–H and O–H groups in total. The van der Waals surface area contributed by atoms with Crippen LogP contribution in [-0.4, -0.2) is 28.8 Å². The van der Waals surface area contributed by atoms with Crippen molar-refractivity contribution in [2.24, 2.45) is 5.14 Å². The standard InChI is InChI=1S/C5H5N5O2S/c6-13(11,12)5-3-1-2-7-8-4(3)9-10-5/h1-2H,(H2,6,11,12)(H,8,9,10). The zero-order chi connectivity index (χ0) is 9.47. The van der Waals surface area contributed by atoms with Crippen LogP contribution >= 0.6 is 0 Å². The maximum atomic E-state index is 11.0. The molecule has 0 unspecified atom stereocenters. The normalized spacial score (nSPS) is 12.1. The summed E-state index contributed by atoms with van der Waals surface area (Å²) < 4.78 is 21.9. The minimum absolute atomic E-state index is 0.211. The van der Waals surface area contributed by atoms with Crippen LogP contribution in [-0.2, 0) is 10.0 Å². The van der Waals surface area contributed by atoms with Crippen LogP contribution in [0.2, 0.25) is 0 Å². The average molecular weight is 199 g/mol. The van der Waals surface area contributed by atoms with Gasteiger partial charge in [0.25, 0.3) is 10.0 Å². The molecule has 0 atom stereocenters. The van der Waals surface area contributed by atoms with Gasteiger partial charge in [0.05, 0.1) is 11.6 Å². The molecule has 0 fully saturated rings. The van der Waals surface area contributed by atoms with Crippen LogP contribution in [0.25, 0.3) is 11.0 Å². The maximum absolute atomic E-state index is 11.0. The van der Waals surface area contributed by atoms with E-state index in [4.69, 9.17) is 5.14 Å². The van der Waals surface area contributed by atoms with Gasteiger partial charge in [-0.05, 0) is 6.07 Å². The van der Waals surface area contributed by atoms with E-state index >= 15 is 0 Å². The molecule has 0 aromatic carbocycles. The fraction of sp³-hybridized carbons (Fsp3) is 0. The molecule has 0 aliphatic heterocycles. The maximum Gasteiger partial charge on any atom is 0.258 e. The summed E-state index contributed by atoms with van der Waals surface area (Å²) in [5.41, 5.74) is 0.298. The summed E-state index contributed by atoms with van der Waals surface area (Å²) in [5, 5.41) is 18.2. The zero-order valence-corrected chi connectivity index (χ0v) is 7.11. The predicted molar refractivity (Wildman–Crippen MR) is 43.1 cm³/mol. The number of nitrogens with one attached hydrogen (secondary N) is 1. The highest BCUT2D eigenvalue weighted by molar-refractivity contribution is 7.89. The summed E-state index contributed by atoms with van der Waals surface area (Å²) in [5.74, 6) is 0. The van der Waals surface area contributed by atoms with Gasteiger partial charge in [-0.1, -0.05) is 0 Å². The number of nitrogens with zero attached hydrogens (tertiary/aromatic N) is 3. The second kappa shape index (κ2) is 2.47. The van der Waals surface area contributed by atoms with Crippen molar-refractivity contribution in [2.45, 2.75) is 5.03 Å². The fourth-order valence-corrected chi connectivity index (χ4v) is 1.61. The number of hydrogen-bond acceptors (Lipinski definition) is 5. The Morgan fingerprint density at radius 3 is 2.92 bits per heavy atom. The van der Waals surface area contributed by atoms with E-state index in [1.54, 1.807) is 0 Å². The van der Waals surface area contributed by atoms with Crippen molar-refractivity contribution in [3.63, 3.8) is 0 Å². The van der Waals surface area contributed by atoms with E-state index < -0.39 is 10.0 Å². The molecule has 0 radical (unpaired) electrons. The van der Waals surface area contributed by atoms with Gasteiger partial charge in [-0.2, -0.15) is 10.2 Å². The molecule has 7 nitrogen and oxygen atoms in total. The molecular formula is C5H5N5O2S. The summed E-state index contributed by atoms with van der Waals surface area (Å²) in [4.78, 5) is 0. The molecule has 0 spiro atoms. The summed E-state index contributed by atoms with van der Waals surface area (Å²) in [6, 6.07) is 1.48. The number of aromatic nitrogens is 4. The quantitative estimate of drug-likeness (QED) is 0.611. The first kappa shape index (κ1) is 8.08. The Labute approximate surface area is 73.0 Å². The number of primary sulfonamides is 1. The van der Waals surface area contributed by atoms with Crippen LogP contribution in [0.1, 0.15) is 0 Å². The van der Waals surface area contributed by atoms with Gasteiger partial charge >= 0.3 is 0 Å². The molecule has 2 aromatic rings. The lowest BCUT2D eigenvalue weighted by Crippen LogP contribution is -2.12. The van der Waals surface area contributed by atoms with E-state index in [0.29, 0.717) is 11.0 Å². The minimum Gasteiger partial charge on any atom is -0.258 e. The number of nitrogens with two attached hydrogens (primary N) is 1. The van der Waals surface area contributed by atoms with Gasteiger partial charge in [0, 0.05) is 0 Å². The largest absolute Gasteiger partial charge is 0.258 e. The van der Waals surface area contributed by atoms with Crippen molar-refractivity contribution in [2.75, 3.05) is 0 Å². The van der Waals surface area contributed by atoms with E-state index in [2.05, 4.69) is 20.4 Å². The van der Waals surface area contributed by atoms with E-state index in [0.717, 1.165) is 0 Å². The van der Waals surface area contributed by atoms with Gasteiger partial charge in [-0.25, -0.2) is 13.6 Å². The molecular weight excluding hydrogens is 194 g/mol. The first-order valence-corrected chi connectivity index (χ1v) is 4.82. The molecule has 0 saturated carbocycles. The number of sulfonamides is 1. The highest BCUT2D eigenvalue weighted by atomic mass is 32.2. The van der Waals surface area contributed by atoms with Crippen LogP contribution < -0.4 is 5.14 Å². The topological polar surface area (TPSA) is 115 Å². The second-order valence-electron chi connectivity index (χ2n) is 2.37. The monoisotopic (exact) mass is 199 g/mol. The Kier molecular flexibility index (Phi) is 1.54. The molecule has 13 heavy (non-hydrogen) atoms. The zero-order valence-electron chi connectivity index (χ0n) is 6.30. The lowest BCUT2D eigenvalue weighted by Gasteiger charge is -1.90. The van der Waals surface area contributed by atoms with Gasteiger partial charge in [0.2, 0.25) is 5.03 Å². The summed E-state index contributed by atoms with van der Waals surface area (Å²) in [6.45, 7) is 0. The molecule has 0 amide bonds. The van der Waals surface area contributed by atoms with Gasteiger partial charge in [0.1, 0.15) is 0 Å². The minimum atomic E-state index is -3.80. The number of fused-ring (bicyclic) bond motifs is 1. The number of hydrogen-bond donors (Lipinski definition) is 2. The first-order chi connectivity index (χ1) is 6.09. The van der Waals surface area contributed by atoms with Gasteiger partial charge in [-0.3, -0.25) is 5.10 Å². The molecule has 2 aromatic heterocycles. The Balaban J connectivity index is 2.87. The third-order valence-electron chi connectivity index (χ3n) is 1.48. The predicted octanol–water partition coefficient (Wildman–Crippen LogP) is -1.000. The second-order valence-corrected chi connectivity index (χ2v) is 3.84. The Morgan fingerprint density at radius 1 is 1.46 bits per heavy atom. The molecule has 0 bridgehead atoms. The molecule has 68 valence electrons. The Bertz CT molecular complexity index is 545. The number of aromatic amines is 1. The first-order valence-electron chi connectivity index (χ1n) is 3.27. The van der Waals surface area contributed by atoms with Crippen molar-refractivity contribution in [3.8, 4) is 0 Å². The number of H-pyrrole nitrogens is 1. The van der Waals surface area contributed by atoms with Crippen molar-refractivity contribution in [3.05, 3.63) is 12.3 Å². The lowest BCUT2D eigenvalue weighted by atomic mass is 10.4. The summed E-state index contributed by atoms with van der Waals surface area (Å²) in [7, 11) is -3.80. The van der Waals surface area contributed by atoms with E-state index in [9.17, 15) is 8.42 Å². The van der Waals surface area contributed by atoms with Crippen LogP contribution in [0.4, 0.5) is 0 Å². The van der Waals surface area contributed by atoms with E-state index in [1.165, 1.54) is 12.3 Å². The molecule has 2 rings (SSSR count). The smallest absolute Gasteiger partial charge is 0.258 e. The van der Waals surface area contributed by atoms with Crippen molar-refractivity contribution >= 4 is 21.1 Å². The molecule has 8 heteroatoms. The molecule has 2 heterocycles. The number of rotatable bonds is 1. The third-order valence-corrected chi connectivity index (χ3v) is 2.33. The molecule has 0 saturated heterocycles. The van der Waals surface area contributed by atoms with Crippen molar-refractivity contribution in [1.29, 1.82) is 0 Å². The third kappa shape index (κ3) is 1.25. The highest BCUT2D eigenvalue weighted by Gasteiger charge is 2.16. The van der Waals surface area contributed by atoms with Gasteiger partial charge in [0.15, 0.2) is 5.65 Å². The van der Waals surface area contributed by atoms with Crippen molar-refractivity contribution in [1.82, 2.24) is 20.4 Å². The summed E-state index contributed by atoms with van der Waals surface area (Å²) in [6.07, 6.45) is 1.37. The van der Waals surface area contributed by atoms with E-state index in [-0.39, 0.29) is 5.03 Å². The Morgan fingerprint density at radius 2 is 2.23 bits per heavy atom. The highest BCUT2D eigenvalue weighted by Crippen LogP contribution is 2.14. The Hall–Kier alpha value is -1.54. The van der Waals surface area contributed by atoms with Crippen LogP contribution in [0.5, 0.6) is 0 Å². The van der Waals surface area contributed by atoms with Crippen LogP contribution in [0.3, 0.4) is 0 Å². The SMILES string of the molecule is NS(=O)(=O)c1n[nH]c2nnccc12. The summed E-state index contributed by atoms with van der Waals surface area (Å²) >= 11 is 0. The van der Waals surface area contributed by atoms with Gasteiger partial charge in [-0.15, -0.1) is 5.10 Å². The van der Waals surface area contributed by atoms with Crippen LogP contribution in [0.15, 0.2) is 17.3 Å². The van der Waals surface area contributed by atoms with Crippen LogP contribution in [0, 0.1) is 0 Å².